The molecule has 0 aromatic heterocycles. The maximum absolute atomic E-state index is 10.9. The second-order valence-electron chi connectivity index (χ2n) is 4.34. The van der Waals surface area contributed by atoms with E-state index >= 15 is 0 Å². The number of nitrogens with two attached hydrogens (primary N) is 1. The first-order valence-corrected chi connectivity index (χ1v) is 7.64. The van der Waals surface area contributed by atoms with Crippen molar-refractivity contribution in [2.45, 2.75) is 11.4 Å². The summed E-state index contributed by atoms with van der Waals surface area (Å²) in [4.78, 5) is 11.8. The molecule has 0 atom stereocenters. The molecule has 0 aliphatic rings. The number of amides is 1. The van der Waals surface area contributed by atoms with Gasteiger partial charge >= 0.3 is 0 Å². The van der Waals surface area contributed by atoms with Gasteiger partial charge in [-0.2, -0.15) is 0 Å². The van der Waals surface area contributed by atoms with Crippen LogP contribution in [0.2, 0.25) is 5.02 Å². The van der Waals surface area contributed by atoms with Gasteiger partial charge in [0.15, 0.2) is 0 Å². The minimum atomic E-state index is -0.362. The second kappa shape index (κ2) is 7.24. The Hall–Kier alpha value is -1.85. The zero-order chi connectivity index (χ0) is 15.2. The van der Waals surface area contributed by atoms with Gasteiger partial charge in [0.05, 0.1) is 5.75 Å². The van der Waals surface area contributed by atoms with E-state index in [1.807, 2.05) is 24.3 Å². The van der Waals surface area contributed by atoms with Crippen LogP contribution in [-0.4, -0.2) is 16.8 Å². The van der Waals surface area contributed by atoms with Crippen molar-refractivity contribution < 1.29 is 9.90 Å². The third kappa shape index (κ3) is 4.31. The molecule has 2 aromatic carbocycles. The lowest BCUT2D eigenvalue weighted by molar-refractivity contribution is -0.115. The lowest BCUT2D eigenvalue weighted by atomic mass is 10.2. The first-order chi connectivity index (χ1) is 10.1. The molecule has 0 aliphatic heterocycles. The largest absolute Gasteiger partial charge is 0.508 e. The zero-order valence-corrected chi connectivity index (χ0v) is 12.7. The molecule has 0 aliphatic carbocycles. The summed E-state index contributed by atoms with van der Waals surface area (Å²) >= 11 is 7.44. The average Bonchev–Trinajstić information content (AvgIpc) is 2.45. The molecule has 0 saturated heterocycles. The van der Waals surface area contributed by atoms with Crippen LogP contribution in [0.1, 0.15) is 5.56 Å². The Bertz CT molecular complexity index is 629. The molecule has 0 unspecified atom stereocenters. The highest BCUT2D eigenvalue weighted by Gasteiger charge is 2.08. The number of carbonyl (C=O) groups is 1. The van der Waals surface area contributed by atoms with Crippen LogP contribution >= 0.6 is 23.4 Å². The maximum atomic E-state index is 10.9. The van der Waals surface area contributed by atoms with Crippen LogP contribution in [0.3, 0.4) is 0 Å². The quantitative estimate of drug-likeness (QED) is 0.714. The van der Waals surface area contributed by atoms with Gasteiger partial charge in [-0.1, -0.05) is 29.8 Å². The predicted octanol–water partition coefficient (Wildman–Crippen LogP) is 3.24. The van der Waals surface area contributed by atoms with Crippen molar-refractivity contribution in [1.82, 2.24) is 0 Å². The third-order valence-corrected chi connectivity index (χ3v) is 4.26. The monoisotopic (exact) mass is 322 g/mol. The summed E-state index contributed by atoms with van der Waals surface area (Å²) in [6, 6.07) is 12.6. The Labute approximate surface area is 132 Å². The van der Waals surface area contributed by atoms with Crippen LogP contribution in [0, 0.1) is 0 Å². The summed E-state index contributed by atoms with van der Waals surface area (Å²) in [6.45, 7) is 0.389. The molecular weight excluding hydrogens is 308 g/mol. The highest BCUT2D eigenvalue weighted by Crippen LogP contribution is 2.30. The minimum Gasteiger partial charge on any atom is -0.508 e. The molecule has 110 valence electrons. The van der Waals surface area contributed by atoms with E-state index in [9.17, 15) is 9.90 Å². The summed E-state index contributed by atoms with van der Waals surface area (Å²) in [7, 11) is 0. The molecule has 4 nitrogen and oxygen atoms in total. The molecule has 0 saturated carbocycles. The molecule has 0 bridgehead atoms. The molecule has 6 heteroatoms. The van der Waals surface area contributed by atoms with Gasteiger partial charge in [0.25, 0.3) is 0 Å². The number of thioether (sulfide) groups is 1. The summed E-state index contributed by atoms with van der Waals surface area (Å²) in [5.74, 6) is 0.00609. The normalized spacial score (nSPS) is 10.3. The van der Waals surface area contributed by atoms with Crippen LogP contribution in [0.5, 0.6) is 5.75 Å². The number of hydrogen-bond acceptors (Lipinski definition) is 4. The predicted molar refractivity (Wildman–Crippen MR) is 86.8 cm³/mol. The van der Waals surface area contributed by atoms with E-state index in [-0.39, 0.29) is 17.4 Å². The van der Waals surface area contributed by atoms with E-state index in [1.165, 1.54) is 11.8 Å². The fourth-order valence-electron chi connectivity index (χ4n) is 1.79. The Morgan fingerprint density at radius 3 is 2.71 bits per heavy atom. The highest BCUT2D eigenvalue weighted by atomic mass is 35.5. The number of anilines is 1. The molecule has 4 N–H and O–H groups in total. The summed E-state index contributed by atoms with van der Waals surface area (Å²) < 4.78 is 0. The third-order valence-electron chi connectivity index (χ3n) is 2.81. The Morgan fingerprint density at radius 1 is 1.24 bits per heavy atom. The van der Waals surface area contributed by atoms with Crippen LogP contribution < -0.4 is 11.1 Å². The van der Waals surface area contributed by atoms with Crippen LogP contribution in [0.25, 0.3) is 0 Å². The van der Waals surface area contributed by atoms with Gasteiger partial charge in [-0.05, 0) is 24.3 Å². The van der Waals surface area contributed by atoms with Gasteiger partial charge in [-0.25, -0.2) is 0 Å². The fraction of sp³-hybridized carbons (Fsp3) is 0.133. The van der Waals surface area contributed by atoms with Gasteiger partial charge in [-0.15, -0.1) is 11.8 Å². The van der Waals surface area contributed by atoms with E-state index in [0.29, 0.717) is 17.1 Å². The number of primary amides is 1. The van der Waals surface area contributed by atoms with Gasteiger partial charge in [-0.3, -0.25) is 4.79 Å². The van der Waals surface area contributed by atoms with Crippen molar-refractivity contribution in [2.24, 2.45) is 5.73 Å². The molecule has 2 aromatic rings. The smallest absolute Gasteiger partial charge is 0.227 e. The molecular formula is C15H15ClN2O2S. The molecule has 2 rings (SSSR count). The van der Waals surface area contributed by atoms with Crippen LogP contribution in [0.15, 0.2) is 47.4 Å². The zero-order valence-electron chi connectivity index (χ0n) is 11.2. The first-order valence-electron chi connectivity index (χ1n) is 6.28. The van der Waals surface area contributed by atoms with E-state index in [2.05, 4.69) is 5.32 Å². The number of aromatic hydroxyl groups is 1. The lowest BCUT2D eigenvalue weighted by Gasteiger charge is -2.13. The van der Waals surface area contributed by atoms with Crippen LogP contribution in [0.4, 0.5) is 5.69 Å². The van der Waals surface area contributed by atoms with Gasteiger partial charge in [0.2, 0.25) is 5.91 Å². The standard InChI is InChI=1S/C15H15ClN2O2S/c16-11-4-3-6-13(19)10(11)8-18-12-5-1-2-7-14(12)21-9-15(17)20/h1-7,18-19H,8-9H2,(H2,17,20). The Kier molecular flexibility index (Phi) is 5.36. The number of rotatable bonds is 6. The topological polar surface area (TPSA) is 75.4 Å². The number of benzene rings is 2. The second-order valence-corrected chi connectivity index (χ2v) is 5.77. The number of para-hydroxylation sites is 1. The minimum absolute atomic E-state index is 0.150. The number of phenolic OH excluding ortho intramolecular Hbond substituents is 1. The summed E-state index contributed by atoms with van der Waals surface area (Å²) in [5.41, 5.74) is 6.66. The van der Waals surface area contributed by atoms with Gasteiger partial charge < -0.3 is 16.2 Å². The van der Waals surface area contributed by atoms with Crippen molar-refractivity contribution in [3.8, 4) is 5.75 Å². The maximum Gasteiger partial charge on any atom is 0.227 e. The SMILES string of the molecule is NC(=O)CSc1ccccc1NCc1c(O)cccc1Cl. The van der Waals surface area contributed by atoms with Crippen molar-refractivity contribution in [3.63, 3.8) is 0 Å². The first kappa shape index (κ1) is 15.5. The fourth-order valence-corrected chi connectivity index (χ4v) is 2.80. The van der Waals surface area contributed by atoms with Gasteiger partial charge in [0, 0.05) is 27.7 Å². The van der Waals surface area contributed by atoms with Crippen molar-refractivity contribution in [1.29, 1.82) is 0 Å². The number of halogens is 1. The summed E-state index contributed by atoms with van der Waals surface area (Å²) in [6.07, 6.45) is 0. The number of nitrogens with one attached hydrogen (secondary N) is 1. The number of phenols is 1. The average molecular weight is 323 g/mol. The molecule has 0 radical (unpaired) electrons. The lowest BCUT2D eigenvalue weighted by Crippen LogP contribution is -2.13. The van der Waals surface area contributed by atoms with E-state index in [4.69, 9.17) is 17.3 Å². The molecule has 0 fully saturated rings. The molecule has 0 heterocycles. The Balaban J connectivity index is 2.11. The van der Waals surface area contributed by atoms with E-state index in [0.717, 1.165) is 10.6 Å². The van der Waals surface area contributed by atoms with Crippen molar-refractivity contribution in [3.05, 3.63) is 53.1 Å². The van der Waals surface area contributed by atoms with Crippen molar-refractivity contribution in [2.75, 3.05) is 11.1 Å². The molecule has 21 heavy (non-hydrogen) atoms. The highest BCUT2D eigenvalue weighted by molar-refractivity contribution is 8.00. The number of carbonyl (C=O) groups excluding carboxylic acids is 1. The van der Waals surface area contributed by atoms with Gasteiger partial charge in [0.1, 0.15) is 5.75 Å². The van der Waals surface area contributed by atoms with E-state index < -0.39 is 0 Å². The molecule has 1 amide bonds. The Morgan fingerprint density at radius 2 is 2.00 bits per heavy atom. The van der Waals surface area contributed by atoms with E-state index in [1.54, 1.807) is 18.2 Å². The summed E-state index contributed by atoms with van der Waals surface area (Å²) in [5, 5.41) is 13.5. The number of hydrogen-bond donors (Lipinski definition) is 3. The molecule has 0 spiro atoms. The van der Waals surface area contributed by atoms with Crippen LogP contribution in [-0.2, 0) is 11.3 Å². The van der Waals surface area contributed by atoms with Crippen molar-refractivity contribution >= 4 is 35.0 Å².